The zero-order chi connectivity index (χ0) is 27.1. The summed E-state index contributed by atoms with van der Waals surface area (Å²) in [6.45, 7) is 9.47. The van der Waals surface area contributed by atoms with Gasteiger partial charge < -0.3 is 5.32 Å². The lowest BCUT2D eigenvalue weighted by molar-refractivity contribution is 0.102. The highest BCUT2D eigenvalue weighted by Crippen LogP contribution is 2.32. The summed E-state index contributed by atoms with van der Waals surface area (Å²) in [6.07, 6.45) is 3.85. The Morgan fingerprint density at radius 2 is 1.66 bits per heavy atom. The van der Waals surface area contributed by atoms with E-state index in [0.717, 1.165) is 41.6 Å². The molecule has 10 heteroatoms. The number of thiazole rings is 1. The van der Waals surface area contributed by atoms with E-state index in [1.165, 1.54) is 29.0 Å². The van der Waals surface area contributed by atoms with Gasteiger partial charge >= 0.3 is 0 Å². The molecule has 5 rings (SSSR count). The number of anilines is 1. The highest BCUT2D eigenvalue weighted by molar-refractivity contribution is 7.89. The van der Waals surface area contributed by atoms with Crippen LogP contribution in [0.2, 0.25) is 0 Å². The largest absolute Gasteiger partial charge is 0.306 e. The lowest BCUT2D eigenvalue weighted by Crippen LogP contribution is -2.31. The summed E-state index contributed by atoms with van der Waals surface area (Å²) < 4.78 is 30.4. The number of aryl methyl sites for hydroxylation is 1. The van der Waals surface area contributed by atoms with Crippen molar-refractivity contribution in [1.82, 2.24) is 19.1 Å². The minimum Gasteiger partial charge on any atom is -0.306 e. The van der Waals surface area contributed by atoms with E-state index in [1.54, 1.807) is 27.2 Å². The fourth-order valence-corrected chi connectivity index (χ4v) is 7.09. The monoisotopic (exact) mass is 551 g/mol. The molecule has 3 heterocycles. The van der Waals surface area contributed by atoms with Crippen molar-refractivity contribution < 1.29 is 13.2 Å². The molecule has 4 aromatic rings. The van der Waals surface area contributed by atoms with Crippen molar-refractivity contribution in [3.8, 4) is 5.13 Å². The topological polar surface area (TPSA) is 97.2 Å². The first-order valence-electron chi connectivity index (χ1n) is 12.9. The number of benzene rings is 2. The summed E-state index contributed by atoms with van der Waals surface area (Å²) in [5.74, 6) is 0.157. The molecule has 0 unspecified atom stereocenters. The number of rotatable bonds is 5. The summed E-state index contributed by atoms with van der Waals surface area (Å²) in [5, 5.41) is 8.15. The van der Waals surface area contributed by atoms with Gasteiger partial charge in [0.05, 0.1) is 20.8 Å². The summed E-state index contributed by atoms with van der Waals surface area (Å²) in [4.78, 5) is 18.1. The van der Waals surface area contributed by atoms with Crippen LogP contribution in [0.5, 0.6) is 0 Å². The molecule has 0 spiro atoms. The van der Waals surface area contributed by atoms with E-state index in [-0.39, 0.29) is 16.2 Å². The zero-order valence-corrected chi connectivity index (χ0v) is 23.8. The van der Waals surface area contributed by atoms with E-state index in [4.69, 9.17) is 4.98 Å². The molecule has 1 aliphatic heterocycles. The number of hydrogen-bond acceptors (Lipinski definition) is 6. The number of aromatic nitrogens is 3. The third-order valence-electron chi connectivity index (χ3n) is 6.82. The molecule has 2 aromatic carbocycles. The van der Waals surface area contributed by atoms with Gasteiger partial charge in [-0.05, 0) is 67.1 Å². The van der Waals surface area contributed by atoms with Crippen LogP contribution in [0, 0.1) is 6.92 Å². The maximum absolute atomic E-state index is 13.1. The van der Waals surface area contributed by atoms with E-state index < -0.39 is 10.0 Å². The number of carbonyl (C=O) groups is 1. The van der Waals surface area contributed by atoms with Gasteiger partial charge in [-0.25, -0.2) is 13.4 Å². The molecule has 0 radical (unpaired) electrons. The number of nitrogens with zero attached hydrogens (tertiary/aromatic N) is 4. The second-order valence-electron chi connectivity index (χ2n) is 10.8. The van der Waals surface area contributed by atoms with Crippen LogP contribution in [-0.4, -0.2) is 46.5 Å². The van der Waals surface area contributed by atoms with Crippen LogP contribution in [0.3, 0.4) is 0 Å². The molecule has 2 aromatic heterocycles. The Labute approximate surface area is 227 Å². The van der Waals surface area contributed by atoms with Crippen LogP contribution in [0.15, 0.2) is 53.4 Å². The van der Waals surface area contributed by atoms with Gasteiger partial charge in [0.25, 0.3) is 5.91 Å². The Hall–Kier alpha value is -3.08. The van der Waals surface area contributed by atoms with Crippen LogP contribution < -0.4 is 5.32 Å². The maximum Gasteiger partial charge on any atom is 0.256 e. The molecule has 1 amide bonds. The van der Waals surface area contributed by atoms with Gasteiger partial charge in [-0.1, -0.05) is 51.0 Å². The quantitative estimate of drug-likeness (QED) is 0.333. The van der Waals surface area contributed by atoms with Gasteiger partial charge in [0, 0.05) is 24.7 Å². The smallest absolute Gasteiger partial charge is 0.256 e. The second-order valence-corrected chi connectivity index (χ2v) is 13.8. The van der Waals surface area contributed by atoms with Crippen molar-refractivity contribution in [3.63, 3.8) is 0 Å². The first-order valence-corrected chi connectivity index (χ1v) is 15.2. The van der Waals surface area contributed by atoms with Crippen molar-refractivity contribution in [2.75, 3.05) is 18.4 Å². The second kappa shape index (κ2) is 10.2. The predicted octanol–water partition coefficient (Wildman–Crippen LogP) is 5.90. The molecular formula is C28H33N5O3S2. The molecule has 1 aliphatic rings. The van der Waals surface area contributed by atoms with Gasteiger partial charge in [-0.2, -0.15) is 14.1 Å². The number of carbonyl (C=O) groups excluding carboxylic acids is 1. The highest BCUT2D eigenvalue weighted by atomic mass is 32.2. The van der Waals surface area contributed by atoms with E-state index in [9.17, 15) is 13.2 Å². The van der Waals surface area contributed by atoms with Gasteiger partial charge in [0.2, 0.25) is 15.2 Å². The highest BCUT2D eigenvalue weighted by Gasteiger charge is 2.25. The van der Waals surface area contributed by atoms with Crippen molar-refractivity contribution in [2.45, 2.75) is 63.7 Å². The molecule has 0 aliphatic carbocycles. The molecule has 8 nitrogen and oxygen atoms in total. The zero-order valence-electron chi connectivity index (χ0n) is 22.2. The van der Waals surface area contributed by atoms with Crippen molar-refractivity contribution in [2.24, 2.45) is 0 Å². The Morgan fingerprint density at radius 1 is 0.974 bits per heavy atom. The fourth-order valence-electron chi connectivity index (χ4n) is 4.60. The molecule has 1 saturated heterocycles. The van der Waals surface area contributed by atoms with Crippen molar-refractivity contribution in [1.29, 1.82) is 0 Å². The Kier molecular flexibility index (Phi) is 7.15. The van der Waals surface area contributed by atoms with Crippen LogP contribution >= 0.6 is 11.3 Å². The van der Waals surface area contributed by atoms with Crippen LogP contribution in [0.1, 0.15) is 68.1 Å². The number of hydrogen-bond donors (Lipinski definition) is 1. The summed E-state index contributed by atoms with van der Waals surface area (Å²) in [5.41, 5.74) is 3.25. The fraction of sp³-hybridized carbons (Fsp3) is 0.393. The minimum absolute atomic E-state index is 0.0295. The molecule has 0 saturated carbocycles. The molecule has 1 N–H and O–H groups in total. The summed E-state index contributed by atoms with van der Waals surface area (Å²) in [7, 11) is -3.57. The lowest BCUT2D eigenvalue weighted by atomic mass is 9.87. The molecule has 1 fully saturated rings. The van der Waals surface area contributed by atoms with E-state index >= 15 is 0 Å². The molecule has 200 valence electrons. The van der Waals surface area contributed by atoms with Crippen LogP contribution in [-0.2, 0) is 15.4 Å². The first kappa shape index (κ1) is 26.5. The first-order chi connectivity index (χ1) is 18.0. The van der Waals surface area contributed by atoms with Gasteiger partial charge in [-0.15, -0.1) is 0 Å². The van der Waals surface area contributed by atoms with E-state index in [1.807, 2.05) is 13.0 Å². The molecule has 0 atom stereocenters. The Bertz CT molecular complexity index is 1570. The van der Waals surface area contributed by atoms with Gasteiger partial charge in [-0.3, -0.25) is 4.79 Å². The van der Waals surface area contributed by atoms with Crippen LogP contribution in [0.25, 0.3) is 15.3 Å². The van der Waals surface area contributed by atoms with Crippen molar-refractivity contribution in [3.05, 3.63) is 65.4 Å². The number of nitrogens with one attached hydrogen (secondary N) is 1. The SMILES string of the molecule is Cc1cc(NC(=O)c2ccc(S(=O)(=O)N3CCCCCC3)cc2)n(-c2nc3ccc(C(C)(C)C)cc3s2)n1. The third-order valence-corrected chi connectivity index (χ3v) is 9.72. The summed E-state index contributed by atoms with van der Waals surface area (Å²) in [6, 6.07) is 14.2. The maximum atomic E-state index is 13.1. The minimum atomic E-state index is -3.57. The van der Waals surface area contributed by atoms with Crippen molar-refractivity contribution >= 4 is 43.3 Å². The lowest BCUT2D eigenvalue weighted by Gasteiger charge is -2.20. The third kappa shape index (κ3) is 5.39. The number of sulfonamides is 1. The average molecular weight is 552 g/mol. The average Bonchev–Trinajstić information content (AvgIpc) is 3.34. The van der Waals surface area contributed by atoms with E-state index in [2.05, 4.69) is 43.3 Å². The molecular weight excluding hydrogens is 518 g/mol. The number of fused-ring (bicyclic) bond motifs is 1. The van der Waals surface area contributed by atoms with Gasteiger partial charge in [0.15, 0.2) is 0 Å². The standard InChI is InChI=1S/C28H33N5O3S2/c1-19-17-25(33(31-19)27-29-23-14-11-21(28(2,3)4)18-24(23)37-27)30-26(34)20-9-12-22(13-10-20)38(35,36)32-15-7-5-6-8-16-32/h9-14,17-18H,5-8,15-16H2,1-4H3,(H,30,34). The molecule has 0 bridgehead atoms. The number of amides is 1. The van der Waals surface area contributed by atoms with E-state index in [0.29, 0.717) is 29.6 Å². The summed E-state index contributed by atoms with van der Waals surface area (Å²) >= 11 is 1.52. The predicted molar refractivity (Wildman–Crippen MR) is 152 cm³/mol. The van der Waals surface area contributed by atoms with Crippen LogP contribution in [0.4, 0.5) is 5.82 Å². The Balaban J connectivity index is 1.37. The normalized spacial score (nSPS) is 15.5. The Morgan fingerprint density at radius 3 is 2.32 bits per heavy atom. The molecule has 38 heavy (non-hydrogen) atoms. The van der Waals surface area contributed by atoms with Gasteiger partial charge in [0.1, 0.15) is 5.82 Å².